The molecule has 2 aromatic carbocycles. The van der Waals surface area contributed by atoms with Crippen LogP contribution in [0.2, 0.25) is 5.02 Å². The minimum atomic E-state index is -4.66. The Morgan fingerprint density at radius 2 is 2.02 bits per heavy atom. The molecule has 210 valence electrons. The lowest BCUT2D eigenvalue weighted by atomic mass is 10.0. The molecular formula is C28H25ClF4N4O3. The zero-order valence-corrected chi connectivity index (χ0v) is 22.5. The number of likely N-dealkylation sites (N-methyl/N-ethyl adjacent to an activating group) is 1. The topological polar surface area (TPSA) is 68.1 Å². The van der Waals surface area contributed by atoms with Crippen molar-refractivity contribution in [2.75, 3.05) is 33.9 Å². The summed E-state index contributed by atoms with van der Waals surface area (Å²) in [5, 5.41) is 2.45. The largest absolute Gasteiger partial charge is 0.489 e. The van der Waals surface area contributed by atoms with Gasteiger partial charge in [0.2, 0.25) is 0 Å². The van der Waals surface area contributed by atoms with E-state index < -0.39 is 34.5 Å². The second kappa shape index (κ2) is 10.6. The van der Waals surface area contributed by atoms with E-state index in [-0.39, 0.29) is 24.6 Å². The molecule has 40 heavy (non-hydrogen) atoms. The number of carbonyl (C=O) groups is 1. The van der Waals surface area contributed by atoms with Gasteiger partial charge < -0.3 is 19.7 Å². The van der Waals surface area contributed by atoms with E-state index in [0.717, 1.165) is 6.07 Å². The number of nitrogens with zero attached hydrogens (tertiary/aromatic N) is 3. The molecule has 1 amide bonds. The lowest BCUT2D eigenvalue weighted by Crippen LogP contribution is -2.40. The number of aromatic nitrogens is 2. The minimum absolute atomic E-state index is 0.0677. The van der Waals surface area contributed by atoms with Crippen molar-refractivity contribution in [3.63, 3.8) is 0 Å². The molecular weight excluding hydrogens is 552 g/mol. The second-order valence-electron chi connectivity index (χ2n) is 9.31. The van der Waals surface area contributed by atoms with Gasteiger partial charge in [-0.05, 0) is 55.9 Å². The van der Waals surface area contributed by atoms with Gasteiger partial charge in [0.05, 0.1) is 29.4 Å². The van der Waals surface area contributed by atoms with Crippen LogP contribution in [0.4, 0.5) is 17.6 Å². The van der Waals surface area contributed by atoms with E-state index in [0.29, 0.717) is 40.5 Å². The first-order chi connectivity index (χ1) is 19.1. The molecule has 1 unspecified atom stereocenters. The van der Waals surface area contributed by atoms with Gasteiger partial charge in [0, 0.05) is 24.2 Å². The van der Waals surface area contributed by atoms with E-state index in [9.17, 15) is 22.4 Å². The van der Waals surface area contributed by atoms with Gasteiger partial charge in [0.15, 0.2) is 11.6 Å². The lowest BCUT2D eigenvalue weighted by molar-refractivity contribution is -0.137. The molecule has 3 heterocycles. The number of benzene rings is 2. The van der Waals surface area contributed by atoms with Crippen LogP contribution in [0, 0.1) is 12.7 Å². The van der Waals surface area contributed by atoms with Crippen molar-refractivity contribution in [1.29, 1.82) is 0 Å². The monoisotopic (exact) mass is 576 g/mol. The van der Waals surface area contributed by atoms with Crippen molar-refractivity contribution in [3.05, 3.63) is 81.8 Å². The normalized spacial score (nSPS) is 14.8. The molecule has 0 fully saturated rings. The number of rotatable bonds is 7. The Bertz CT molecular complexity index is 1600. The summed E-state index contributed by atoms with van der Waals surface area (Å²) in [6.45, 7) is 2.10. The average molecular weight is 577 g/mol. The van der Waals surface area contributed by atoms with E-state index >= 15 is 0 Å². The van der Waals surface area contributed by atoms with Crippen molar-refractivity contribution in [3.8, 4) is 22.9 Å². The summed E-state index contributed by atoms with van der Waals surface area (Å²) in [7, 11) is 3.21. The van der Waals surface area contributed by atoms with Gasteiger partial charge in [0.1, 0.15) is 23.8 Å². The molecule has 0 spiro atoms. The number of hydrogen-bond donors (Lipinski definition) is 1. The van der Waals surface area contributed by atoms with E-state index in [1.165, 1.54) is 24.1 Å². The van der Waals surface area contributed by atoms with Crippen LogP contribution < -0.4 is 14.8 Å². The van der Waals surface area contributed by atoms with Gasteiger partial charge in [-0.3, -0.25) is 9.20 Å². The van der Waals surface area contributed by atoms with Crippen molar-refractivity contribution >= 4 is 23.2 Å². The molecule has 1 aliphatic rings. The number of carbonyl (C=O) groups excluding carboxylic acids is 1. The Kier molecular flexibility index (Phi) is 7.36. The summed E-state index contributed by atoms with van der Waals surface area (Å²) < 4.78 is 67.4. The number of ether oxygens (including phenoxy) is 2. The SMILES string of the molecule is CNCCN(C(=O)c1nc2cccc(OC)n2c1-c1ccc(F)c(C)c1)C1COc2c1ccc(C(F)(F)F)c2Cl. The van der Waals surface area contributed by atoms with Crippen LogP contribution in [0.5, 0.6) is 11.6 Å². The molecule has 1 atom stereocenters. The van der Waals surface area contributed by atoms with Gasteiger partial charge in [-0.2, -0.15) is 13.2 Å². The highest BCUT2D eigenvalue weighted by Crippen LogP contribution is 2.47. The average Bonchev–Trinajstić information content (AvgIpc) is 3.52. The Morgan fingerprint density at radius 1 is 1.25 bits per heavy atom. The maximum Gasteiger partial charge on any atom is 0.417 e. The highest BCUT2D eigenvalue weighted by atomic mass is 35.5. The highest BCUT2D eigenvalue weighted by molar-refractivity contribution is 6.33. The Balaban J connectivity index is 1.66. The summed E-state index contributed by atoms with van der Waals surface area (Å²) in [6.07, 6.45) is -4.66. The highest BCUT2D eigenvalue weighted by Gasteiger charge is 2.41. The molecule has 2 aromatic heterocycles. The fraction of sp³-hybridized carbons (Fsp3) is 0.286. The van der Waals surface area contributed by atoms with Crippen LogP contribution >= 0.6 is 11.6 Å². The molecule has 12 heteroatoms. The van der Waals surface area contributed by atoms with Gasteiger partial charge >= 0.3 is 6.18 Å². The quantitative estimate of drug-likeness (QED) is 0.277. The first kappa shape index (κ1) is 27.7. The molecule has 0 radical (unpaired) electrons. The molecule has 1 N–H and O–H groups in total. The molecule has 5 rings (SSSR count). The first-order valence-corrected chi connectivity index (χ1v) is 12.7. The third-order valence-electron chi connectivity index (χ3n) is 6.87. The fourth-order valence-corrected chi connectivity index (χ4v) is 5.24. The maximum absolute atomic E-state index is 14.3. The van der Waals surface area contributed by atoms with E-state index in [4.69, 9.17) is 21.1 Å². The predicted octanol–water partition coefficient (Wildman–Crippen LogP) is 5.92. The summed E-state index contributed by atoms with van der Waals surface area (Å²) in [5.41, 5.74) is 1.15. The van der Waals surface area contributed by atoms with Crippen LogP contribution in [0.25, 0.3) is 16.9 Å². The molecule has 1 aliphatic heterocycles. The van der Waals surface area contributed by atoms with Crippen molar-refractivity contribution in [1.82, 2.24) is 19.6 Å². The molecule has 0 aliphatic carbocycles. The van der Waals surface area contributed by atoms with Gasteiger partial charge in [-0.1, -0.05) is 23.7 Å². The lowest BCUT2D eigenvalue weighted by Gasteiger charge is -2.28. The van der Waals surface area contributed by atoms with Crippen molar-refractivity contribution in [2.45, 2.75) is 19.1 Å². The Morgan fingerprint density at radius 3 is 2.70 bits per heavy atom. The van der Waals surface area contributed by atoms with Gasteiger partial charge in [-0.25, -0.2) is 9.37 Å². The molecule has 0 bridgehead atoms. The van der Waals surface area contributed by atoms with E-state index in [1.807, 2.05) is 0 Å². The predicted molar refractivity (Wildman–Crippen MR) is 142 cm³/mol. The van der Waals surface area contributed by atoms with Crippen LogP contribution in [0.15, 0.2) is 48.5 Å². The fourth-order valence-electron chi connectivity index (χ4n) is 4.91. The number of methoxy groups -OCH3 is 1. The number of nitrogens with one attached hydrogen (secondary N) is 1. The standard InChI is InChI=1S/C28H25ClF4N4O3/c1-15-13-16(7-10-19(15)30)25-24(35-21-5-4-6-22(39-3)37(21)25)27(38)36(12-11-34-2)20-14-40-26-17(20)8-9-18(23(26)29)28(31,32)33/h4-10,13,20,34H,11-12,14H2,1-3H3. The van der Waals surface area contributed by atoms with Gasteiger partial charge in [0.25, 0.3) is 5.91 Å². The van der Waals surface area contributed by atoms with Crippen LogP contribution in [0.1, 0.15) is 33.2 Å². The third kappa shape index (κ3) is 4.73. The molecule has 4 aromatic rings. The van der Waals surface area contributed by atoms with Crippen LogP contribution in [0.3, 0.4) is 0 Å². The second-order valence-corrected chi connectivity index (χ2v) is 9.68. The third-order valence-corrected chi connectivity index (χ3v) is 7.24. The smallest absolute Gasteiger partial charge is 0.417 e. The minimum Gasteiger partial charge on any atom is -0.489 e. The van der Waals surface area contributed by atoms with Crippen molar-refractivity contribution in [2.24, 2.45) is 0 Å². The van der Waals surface area contributed by atoms with Gasteiger partial charge in [-0.15, -0.1) is 0 Å². The zero-order chi connectivity index (χ0) is 28.8. The number of halogens is 5. The first-order valence-electron chi connectivity index (χ1n) is 12.4. The molecule has 7 nitrogen and oxygen atoms in total. The maximum atomic E-state index is 14.3. The van der Waals surface area contributed by atoms with Crippen LogP contribution in [-0.2, 0) is 6.18 Å². The van der Waals surface area contributed by atoms with Crippen LogP contribution in [-0.4, -0.2) is 54.0 Å². The van der Waals surface area contributed by atoms with E-state index in [2.05, 4.69) is 10.3 Å². The van der Waals surface area contributed by atoms with Crippen molar-refractivity contribution < 1.29 is 31.8 Å². The number of pyridine rings is 1. The Labute approximate surface area is 232 Å². The summed E-state index contributed by atoms with van der Waals surface area (Å²) in [4.78, 5) is 20.4. The zero-order valence-electron chi connectivity index (χ0n) is 21.8. The number of alkyl halides is 3. The summed E-state index contributed by atoms with van der Waals surface area (Å²) >= 11 is 6.11. The number of amides is 1. The summed E-state index contributed by atoms with van der Waals surface area (Å²) in [5.74, 6) is -0.586. The number of aryl methyl sites for hydroxylation is 1. The molecule has 0 saturated heterocycles. The molecule has 0 saturated carbocycles. The van der Waals surface area contributed by atoms with E-state index in [1.54, 1.807) is 48.7 Å². The number of imidazole rings is 1. The number of fused-ring (bicyclic) bond motifs is 2. The number of hydrogen-bond acceptors (Lipinski definition) is 5. The Hall–Kier alpha value is -3.83. The summed E-state index contributed by atoms with van der Waals surface area (Å²) in [6, 6.07) is 11.1.